The normalized spacial score (nSPS) is 12.2. The maximum Gasteiger partial charge on any atom is 0.516 e. The van der Waals surface area contributed by atoms with Gasteiger partial charge in [0, 0.05) is 34.1 Å². The van der Waals surface area contributed by atoms with Crippen LogP contribution in [0.2, 0.25) is 0 Å². The van der Waals surface area contributed by atoms with Crippen molar-refractivity contribution in [1.29, 1.82) is 0 Å². The number of aromatic nitrogens is 2. The highest BCUT2D eigenvalue weighted by atomic mass is 79.9. The lowest BCUT2D eigenvalue weighted by atomic mass is 10.0. The van der Waals surface area contributed by atoms with Gasteiger partial charge in [-0.2, -0.15) is 21.6 Å². The number of amides is 1. The van der Waals surface area contributed by atoms with Crippen LogP contribution in [0.3, 0.4) is 0 Å². The van der Waals surface area contributed by atoms with Crippen molar-refractivity contribution >= 4 is 37.5 Å². The number of sulfonamides is 1. The number of alkyl halides is 3. The highest BCUT2D eigenvalue weighted by Crippen LogP contribution is 2.48. The van der Waals surface area contributed by atoms with Crippen LogP contribution in [0.4, 0.5) is 18.9 Å². The van der Waals surface area contributed by atoms with Crippen LogP contribution in [0.15, 0.2) is 51.7 Å². The van der Waals surface area contributed by atoms with Gasteiger partial charge in [-0.1, -0.05) is 25.1 Å². The lowest BCUT2D eigenvalue weighted by Gasteiger charge is -2.17. The van der Waals surface area contributed by atoms with Crippen molar-refractivity contribution in [3.8, 4) is 22.3 Å². The summed E-state index contributed by atoms with van der Waals surface area (Å²) in [7, 11) is -5.68. The quantitative estimate of drug-likeness (QED) is 0.256. The summed E-state index contributed by atoms with van der Waals surface area (Å²) in [6, 6.07) is 7.53. The molecule has 0 radical (unpaired) electrons. The van der Waals surface area contributed by atoms with Crippen LogP contribution >= 0.6 is 15.9 Å². The zero-order valence-corrected chi connectivity index (χ0v) is 23.0. The summed E-state index contributed by atoms with van der Waals surface area (Å²) in [5, 5.41) is 2.80. The second kappa shape index (κ2) is 10.4. The number of rotatable bonds is 8. The van der Waals surface area contributed by atoms with Crippen molar-refractivity contribution in [2.24, 2.45) is 0 Å². The van der Waals surface area contributed by atoms with E-state index in [4.69, 9.17) is 4.42 Å². The Hall–Kier alpha value is -3.32. The molecule has 0 saturated carbocycles. The van der Waals surface area contributed by atoms with Gasteiger partial charge >= 0.3 is 15.5 Å². The molecule has 2 aliphatic rings. The van der Waals surface area contributed by atoms with Crippen LogP contribution in [-0.2, 0) is 23.0 Å². The Morgan fingerprint density at radius 3 is 2.50 bits per heavy atom. The fourth-order valence-corrected chi connectivity index (χ4v) is 5.74. The predicted octanol–water partition coefficient (Wildman–Crippen LogP) is 5.94. The zero-order chi connectivity index (χ0) is 27.8. The molecule has 2 aromatic rings. The Morgan fingerprint density at radius 2 is 1.84 bits per heavy atom. The number of benzene rings is 1. The molecule has 2 N–H and O–H groups in total. The standard InChI is InChI=1S/C25H24BrF3N4O4S/c1-4-20-31-14(3)23(24(34)30-5-2)33(20)12-17-15-10-11-37-13-18(15)22(26)21(17)16-8-6-7-9-19(16)32-38(35,36)25(27,28)29/h6-11,13,32H,4-5,12H2,1-3H3,(H,30,34). The molecule has 0 saturated heterocycles. The molecule has 1 aliphatic heterocycles. The summed E-state index contributed by atoms with van der Waals surface area (Å²) in [5.41, 5.74) is -2.20. The van der Waals surface area contributed by atoms with Gasteiger partial charge in [-0.05, 0) is 53.0 Å². The second-order valence-corrected chi connectivity index (χ2v) is 10.9. The molecule has 4 rings (SSSR count). The molecule has 0 atom stereocenters. The number of nitrogens with zero attached hydrogens (tertiary/aromatic N) is 2. The van der Waals surface area contributed by atoms with Gasteiger partial charge in [-0.15, -0.1) is 0 Å². The molecule has 0 spiro atoms. The van der Waals surface area contributed by atoms with Crippen molar-refractivity contribution in [1.82, 2.24) is 14.9 Å². The molecule has 1 aromatic heterocycles. The molecule has 0 bridgehead atoms. The Kier molecular flexibility index (Phi) is 7.62. The van der Waals surface area contributed by atoms with E-state index >= 15 is 0 Å². The number of carbonyl (C=O) groups is 1. The maximum atomic E-state index is 13.2. The predicted molar refractivity (Wildman–Crippen MR) is 141 cm³/mol. The van der Waals surface area contributed by atoms with Gasteiger partial charge in [0.25, 0.3) is 5.91 Å². The van der Waals surface area contributed by atoms with Gasteiger partial charge in [0.05, 0.1) is 30.5 Å². The smallest absolute Gasteiger partial charge is 0.472 e. The number of halogens is 4. The van der Waals surface area contributed by atoms with Gasteiger partial charge in [0.2, 0.25) is 0 Å². The number of anilines is 1. The van der Waals surface area contributed by atoms with E-state index < -0.39 is 15.5 Å². The average Bonchev–Trinajstić information content (AvgIpc) is 3.32. The third-order valence-corrected chi connectivity index (χ3v) is 7.95. The third-order valence-electron chi connectivity index (χ3n) is 6.02. The molecule has 1 amide bonds. The fraction of sp³-hybridized carbons (Fsp3) is 0.280. The van der Waals surface area contributed by atoms with E-state index in [2.05, 4.69) is 26.2 Å². The van der Waals surface area contributed by atoms with Gasteiger partial charge in [0.1, 0.15) is 11.5 Å². The van der Waals surface area contributed by atoms with Crippen molar-refractivity contribution in [2.75, 3.05) is 11.3 Å². The SMILES string of the molecule is CCNC(=O)c1c(C)nc(CC)n1Cc1c2ccocc-2c(Br)c1-c1ccccc1NS(=O)(=O)C(F)(F)F. The Bertz CT molecular complexity index is 1580. The Labute approximate surface area is 225 Å². The largest absolute Gasteiger partial charge is 0.516 e. The molecular formula is C25H24BrF3N4O4S. The van der Waals surface area contributed by atoms with Crippen LogP contribution < -0.4 is 10.0 Å². The van der Waals surface area contributed by atoms with E-state index in [9.17, 15) is 26.4 Å². The van der Waals surface area contributed by atoms with E-state index in [1.165, 1.54) is 30.7 Å². The third kappa shape index (κ3) is 4.92. The summed E-state index contributed by atoms with van der Waals surface area (Å²) in [5.74, 6) is 0.342. The molecule has 8 nitrogen and oxygen atoms in total. The number of fused-ring (bicyclic) bond motifs is 1. The van der Waals surface area contributed by atoms with Crippen LogP contribution in [0.1, 0.15) is 41.4 Å². The summed E-state index contributed by atoms with van der Waals surface area (Å²) < 4.78 is 72.9. The van der Waals surface area contributed by atoms with Crippen molar-refractivity contribution < 1.29 is 30.8 Å². The van der Waals surface area contributed by atoms with E-state index in [-0.39, 0.29) is 23.7 Å². The minimum Gasteiger partial charge on any atom is -0.472 e. The van der Waals surface area contributed by atoms with Crippen LogP contribution in [0.5, 0.6) is 0 Å². The van der Waals surface area contributed by atoms with Gasteiger partial charge in [0.15, 0.2) is 0 Å². The first kappa shape index (κ1) is 27.7. The van der Waals surface area contributed by atoms with Crippen molar-refractivity contribution in [3.63, 3.8) is 0 Å². The summed E-state index contributed by atoms with van der Waals surface area (Å²) >= 11 is 3.56. The Morgan fingerprint density at radius 1 is 1.13 bits per heavy atom. The molecular weight excluding hydrogens is 589 g/mol. The van der Waals surface area contributed by atoms with E-state index in [1.807, 2.05) is 6.92 Å². The average molecular weight is 613 g/mol. The number of hydrogen-bond donors (Lipinski definition) is 2. The lowest BCUT2D eigenvalue weighted by molar-refractivity contribution is -0.0429. The number of para-hydroxylation sites is 1. The number of nitrogens with one attached hydrogen (secondary N) is 2. The first-order valence-corrected chi connectivity index (χ1v) is 13.9. The lowest BCUT2D eigenvalue weighted by Crippen LogP contribution is -2.30. The second-order valence-electron chi connectivity index (χ2n) is 8.41. The number of carbonyl (C=O) groups excluding carboxylic acids is 1. The first-order valence-electron chi connectivity index (χ1n) is 11.6. The summed E-state index contributed by atoms with van der Waals surface area (Å²) in [6.07, 6.45) is 3.47. The first-order chi connectivity index (χ1) is 17.9. The highest BCUT2D eigenvalue weighted by molar-refractivity contribution is 9.10. The minimum absolute atomic E-state index is 0.137. The monoisotopic (exact) mass is 612 g/mol. The molecule has 0 unspecified atom stereocenters. The van der Waals surface area contributed by atoms with E-state index in [0.717, 1.165) is 0 Å². The number of aryl methyl sites for hydroxylation is 2. The molecule has 38 heavy (non-hydrogen) atoms. The van der Waals surface area contributed by atoms with Gasteiger partial charge < -0.3 is 14.3 Å². The molecule has 2 heterocycles. The van der Waals surface area contributed by atoms with Crippen LogP contribution in [-0.4, -0.2) is 35.9 Å². The van der Waals surface area contributed by atoms with Crippen LogP contribution in [0.25, 0.3) is 22.3 Å². The van der Waals surface area contributed by atoms with E-state index in [1.54, 1.807) is 35.3 Å². The minimum atomic E-state index is -5.68. The fourth-order valence-electron chi connectivity index (χ4n) is 4.40. The molecule has 1 aromatic carbocycles. The Balaban J connectivity index is 1.97. The topological polar surface area (TPSA) is 106 Å². The van der Waals surface area contributed by atoms with Crippen LogP contribution in [0, 0.1) is 6.92 Å². The molecule has 202 valence electrons. The van der Waals surface area contributed by atoms with Gasteiger partial charge in [-0.3, -0.25) is 9.52 Å². The number of hydrogen-bond acceptors (Lipinski definition) is 5. The molecule has 0 fully saturated rings. The molecule has 1 aliphatic carbocycles. The van der Waals surface area contributed by atoms with Crippen molar-refractivity contribution in [3.05, 3.63) is 70.1 Å². The van der Waals surface area contributed by atoms with E-state index in [0.29, 0.717) is 56.9 Å². The summed E-state index contributed by atoms with van der Waals surface area (Å²) in [6.45, 7) is 5.99. The van der Waals surface area contributed by atoms with Gasteiger partial charge in [-0.25, -0.2) is 4.98 Å². The summed E-state index contributed by atoms with van der Waals surface area (Å²) in [4.78, 5) is 17.5. The zero-order valence-electron chi connectivity index (χ0n) is 20.6. The van der Waals surface area contributed by atoms with Crippen molar-refractivity contribution in [2.45, 2.75) is 39.2 Å². The highest BCUT2D eigenvalue weighted by Gasteiger charge is 2.46. The number of imidazole rings is 1. The molecule has 13 heteroatoms. The maximum absolute atomic E-state index is 13.2.